The lowest BCUT2D eigenvalue weighted by Crippen LogP contribution is -2.36. The van der Waals surface area contributed by atoms with Crippen LogP contribution in [0.25, 0.3) is 0 Å². The number of hydrogen-bond acceptors (Lipinski definition) is 3. The lowest BCUT2D eigenvalue weighted by molar-refractivity contribution is 0.221. The standard InChI is InChI=1S/C13H19NO2/c1-16-12-9-10(15)3-4-11(12)13(7-8-14)5-2-6-13/h3-4,9,15H,2,5-8,14H2,1H3. The van der Waals surface area contributed by atoms with E-state index in [9.17, 15) is 5.11 Å². The highest BCUT2D eigenvalue weighted by atomic mass is 16.5. The van der Waals surface area contributed by atoms with Crippen molar-refractivity contribution < 1.29 is 9.84 Å². The van der Waals surface area contributed by atoms with Gasteiger partial charge in [0.25, 0.3) is 0 Å². The van der Waals surface area contributed by atoms with Crippen LogP contribution >= 0.6 is 0 Å². The summed E-state index contributed by atoms with van der Waals surface area (Å²) in [6.45, 7) is 0.698. The van der Waals surface area contributed by atoms with E-state index in [1.165, 1.54) is 24.8 Å². The molecule has 0 saturated heterocycles. The lowest BCUT2D eigenvalue weighted by atomic mass is 9.62. The molecule has 0 spiro atoms. The van der Waals surface area contributed by atoms with Gasteiger partial charge in [-0.15, -0.1) is 0 Å². The van der Waals surface area contributed by atoms with Gasteiger partial charge in [0, 0.05) is 17.0 Å². The highest BCUT2D eigenvalue weighted by Gasteiger charge is 2.39. The Hall–Kier alpha value is -1.22. The first-order valence-electron chi connectivity index (χ1n) is 5.79. The minimum absolute atomic E-state index is 0.188. The van der Waals surface area contributed by atoms with Crippen molar-refractivity contribution >= 4 is 0 Å². The van der Waals surface area contributed by atoms with Crippen LogP contribution in [0.5, 0.6) is 11.5 Å². The van der Waals surface area contributed by atoms with Crippen LogP contribution in [-0.2, 0) is 5.41 Å². The molecule has 1 aromatic rings. The van der Waals surface area contributed by atoms with Crippen molar-refractivity contribution in [2.45, 2.75) is 31.1 Å². The second-order valence-electron chi connectivity index (χ2n) is 4.56. The maximum absolute atomic E-state index is 9.45. The molecule has 0 bridgehead atoms. The van der Waals surface area contributed by atoms with Crippen molar-refractivity contribution in [2.75, 3.05) is 13.7 Å². The van der Waals surface area contributed by atoms with Gasteiger partial charge in [-0.1, -0.05) is 12.5 Å². The Kier molecular flexibility index (Phi) is 3.06. The molecule has 2 rings (SSSR count). The molecular formula is C13H19NO2. The molecule has 0 unspecified atom stereocenters. The molecule has 1 fully saturated rings. The van der Waals surface area contributed by atoms with Gasteiger partial charge < -0.3 is 15.6 Å². The van der Waals surface area contributed by atoms with E-state index >= 15 is 0 Å². The molecule has 0 aromatic heterocycles. The third-order valence-corrected chi connectivity index (χ3v) is 3.69. The zero-order valence-corrected chi connectivity index (χ0v) is 9.70. The molecule has 0 heterocycles. The van der Waals surface area contributed by atoms with Crippen molar-refractivity contribution in [1.29, 1.82) is 0 Å². The number of methoxy groups -OCH3 is 1. The van der Waals surface area contributed by atoms with Gasteiger partial charge >= 0.3 is 0 Å². The number of phenolic OH excluding ortho intramolecular Hbond substituents is 1. The summed E-state index contributed by atoms with van der Waals surface area (Å²) in [6, 6.07) is 5.39. The number of rotatable bonds is 4. The normalized spacial score (nSPS) is 17.9. The molecule has 1 saturated carbocycles. The first-order chi connectivity index (χ1) is 7.72. The van der Waals surface area contributed by atoms with Crippen LogP contribution in [0.1, 0.15) is 31.2 Å². The van der Waals surface area contributed by atoms with Gasteiger partial charge in [-0.25, -0.2) is 0 Å². The number of ether oxygens (including phenoxy) is 1. The summed E-state index contributed by atoms with van der Waals surface area (Å²) in [6.07, 6.45) is 4.59. The van der Waals surface area contributed by atoms with Crippen molar-refractivity contribution in [3.05, 3.63) is 23.8 Å². The second-order valence-corrected chi connectivity index (χ2v) is 4.56. The summed E-state index contributed by atoms with van der Waals surface area (Å²) in [5.41, 5.74) is 7.08. The Bertz CT molecular complexity index is 372. The lowest BCUT2D eigenvalue weighted by Gasteiger charge is -2.43. The van der Waals surface area contributed by atoms with Crippen molar-refractivity contribution in [3.8, 4) is 11.5 Å². The van der Waals surface area contributed by atoms with E-state index in [-0.39, 0.29) is 11.2 Å². The highest BCUT2D eigenvalue weighted by Crippen LogP contribution is 2.49. The SMILES string of the molecule is COc1cc(O)ccc1C1(CCN)CCC1. The first-order valence-corrected chi connectivity index (χ1v) is 5.79. The van der Waals surface area contributed by atoms with Crippen LogP contribution in [0.2, 0.25) is 0 Å². The molecule has 3 N–H and O–H groups in total. The monoisotopic (exact) mass is 221 g/mol. The van der Waals surface area contributed by atoms with Crippen LogP contribution in [0.4, 0.5) is 0 Å². The largest absolute Gasteiger partial charge is 0.508 e. The van der Waals surface area contributed by atoms with E-state index in [4.69, 9.17) is 10.5 Å². The predicted octanol–water partition coefficient (Wildman–Crippen LogP) is 2.17. The van der Waals surface area contributed by atoms with Crippen molar-refractivity contribution in [3.63, 3.8) is 0 Å². The Morgan fingerprint density at radius 2 is 2.19 bits per heavy atom. The van der Waals surface area contributed by atoms with Gasteiger partial charge in [0.1, 0.15) is 11.5 Å². The van der Waals surface area contributed by atoms with Crippen molar-refractivity contribution in [2.24, 2.45) is 5.73 Å². The number of benzene rings is 1. The molecule has 88 valence electrons. The van der Waals surface area contributed by atoms with E-state index in [1.807, 2.05) is 6.07 Å². The summed E-state index contributed by atoms with van der Waals surface area (Å²) in [5, 5.41) is 9.45. The minimum Gasteiger partial charge on any atom is -0.508 e. The van der Waals surface area contributed by atoms with Crippen LogP contribution in [0.15, 0.2) is 18.2 Å². The summed E-state index contributed by atoms with van der Waals surface area (Å²) in [4.78, 5) is 0. The van der Waals surface area contributed by atoms with E-state index in [2.05, 4.69) is 0 Å². The van der Waals surface area contributed by atoms with E-state index in [0.717, 1.165) is 12.2 Å². The van der Waals surface area contributed by atoms with Gasteiger partial charge in [-0.05, 0) is 31.9 Å². The number of aromatic hydroxyl groups is 1. The first kappa shape index (κ1) is 11.3. The smallest absolute Gasteiger partial charge is 0.126 e. The molecule has 16 heavy (non-hydrogen) atoms. The Morgan fingerprint density at radius 1 is 1.44 bits per heavy atom. The molecule has 0 amide bonds. The van der Waals surface area contributed by atoms with Crippen LogP contribution in [0, 0.1) is 0 Å². The molecule has 1 aromatic carbocycles. The van der Waals surface area contributed by atoms with E-state index < -0.39 is 0 Å². The number of phenols is 1. The number of hydrogen-bond donors (Lipinski definition) is 2. The quantitative estimate of drug-likeness (QED) is 0.819. The molecule has 0 radical (unpaired) electrons. The molecule has 3 nitrogen and oxygen atoms in total. The van der Waals surface area contributed by atoms with Crippen molar-refractivity contribution in [1.82, 2.24) is 0 Å². The van der Waals surface area contributed by atoms with Crippen LogP contribution < -0.4 is 10.5 Å². The molecule has 0 aliphatic heterocycles. The molecule has 0 atom stereocenters. The third-order valence-electron chi connectivity index (χ3n) is 3.69. The second kappa shape index (κ2) is 4.34. The van der Waals surface area contributed by atoms with E-state index in [0.29, 0.717) is 6.54 Å². The van der Waals surface area contributed by atoms with Crippen LogP contribution in [0.3, 0.4) is 0 Å². The fourth-order valence-corrected chi connectivity index (χ4v) is 2.65. The van der Waals surface area contributed by atoms with Gasteiger partial charge in [0.05, 0.1) is 7.11 Å². The van der Waals surface area contributed by atoms with Crippen LogP contribution in [-0.4, -0.2) is 18.8 Å². The summed E-state index contributed by atoms with van der Waals surface area (Å²) in [5.74, 6) is 1.04. The molecule has 3 heteroatoms. The van der Waals surface area contributed by atoms with Gasteiger partial charge in [0.2, 0.25) is 0 Å². The fourth-order valence-electron chi connectivity index (χ4n) is 2.65. The van der Waals surface area contributed by atoms with Gasteiger partial charge in [-0.2, -0.15) is 0 Å². The Balaban J connectivity index is 2.37. The molecule has 1 aliphatic carbocycles. The average Bonchev–Trinajstić information content (AvgIpc) is 2.24. The fraction of sp³-hybridized carbons (Fsp3) is 0.538. The molecular weight excluding hydrogens is 202 g/mol. The Morgan fingerprint density at radius 3 is 2.69 bits per heavy atom. The summed E-state index contributed by atoms with van der Waals surface area (Å²) >= 11 is 0. The minimum atomic E-state index is 0.188. The molecule has 1 aliphatic rings. The summed E-state index contributed by atoms with van der Waals surface area (Å²) < 4.78 is 5.35. The van der Waals surface area contributed by atoms with Gasteiger partial charge in [0.15, 0.2) is 0 Å². The highest BCUT2D eigenvalue weighted by molar-refractivity contribution is 5.45. The topological polar surface area (TPSA) is 55.5 Å². The maximum Gasteiger partial charge on any atom is 0.126 e. The van der Waals surface area contributed by atoms with Gasteiger partial charge in [-0.3, -0.25) is 0 Å². The summed E-state index contributed by atoms with van der Waals surface area (Å²) in [7, 11) is 1.65. The maximum atomic E-state index is 9.45. The zero-order valence-electron chi connectivity index (χ0n) is 9.70. The average molecular weight is 221 g/mol. The zero-order chi connectivity index (χ0) is 11.6. The third kappa shape index (κ3) is 1.76. The number of nitrogens with two attached hydrogens (primary N) is 1. The predicted molar refractivity (Wildman–Crippen MR) is 63.9 cm³/mol. The Labute approximate surface area is 96.2 Å². The van der Waals surface area contributed by atoms with E-state index in [1.54, 1.807) is 19.2 Å².